The van der Waals surface area contributed by atoms with Gasteiger partial charge in [-0.15, -0.1) is 24.8 Å². The van der Waals surface area contributed by atoms with Crippen molar-refractivity contribution in [2.45, 2.75) is 38.6 Å². The summed E-state index contributed by atoms with van der Waals surface area (Å²) in [6.07, 6.45) is 4.00. The van der Waals surface area contributed by atoms with E-state index >= 15 is 0 Å². The van der Waals surface area contributed by atoms with Crippen LogP contribution in [0.15, 0.2) is 18.2 Å². The lowest BCUT2D eigenvalue weighted by atomic mass is 9.97. The Kier molecular flexibility index (Phi) is 9.33. The molecule has 0 bridgehead atoms. The Bertz CT molecular complexity index is 609. The zero-order valence-corrected chi connectivity index (χ0v) is 16.7. The molecule has 8 heteroatoms. The Morgan fingerprint density at radius 3 is 2.77 bits per heavy atom. The van der Waals surface area contributed by atoms with Crippen LogP contribution in [0.5, 0.6) is 0 Å². The summed E-state index contributed by atoms with van der Waals surface area (Å²) in [6.45, 7) is 4.91. The number of aromatic nitrogens is 1. The number of carbonyl (C=O) groups is 2. The van der Waals surface area contributed by atoms with Crippen LogP contribution in [-0.4, -0.2) is 53.9 Å². The molecule has 0 saturated carbocycles. The van der Waals surface area contributed by atoms with Gasteiger partial charge in [-0.05, 0) is 57.2 Å². The summed E-state index contributed by atoms with van der Waals surface area (Å²) < 4.78 is 0. The summed E-state index contributed by atoms with van der Waals surface area (Å²) in [5.74, 6) is 0.404. The van der Waals surface area contributed by atoms with Gasteiger partial charge >= 0.3 is 0 Å². The number of rotatable bonds is 4. The highest BCUT2D eigenvalue weighted by molar-refractivity contribution is 5.92. The summed E-state index contributed by atoms with van der Waals surface area (Å²) in [7, 11) is 0. The Hall–Kier alpha value is -1.37. The van der Waals surface area contributed by atoms with E-state index in [2.05, 4.69) is 15.6 Å². The number of carbonyl (C=O) groups excluding carboxylic acids is 2. The van der Waals surface area contributed by atoms with Crippen molar-refractivity contribution < 1.29 is 9.59 Å². The number of nitrogens with zero attached hydrogens (tertiary/aromatic N) is 2. The van der Waals surface area contributed by atoms with Crippen LogP contribution in [0.25, 0.3) is 0 Å². The molecule has 2 aliphatic heterocycles. The molecule has 0 radical (unpaired) electrons. The summed E-state index contributed by atoms with van der Waals surface area (Å²) in [5.41, 5.74) is 1.36. The second-order valence-corrected chi connectivity index (χ2v) is 6.82. The fourth-order valence-corrected chi connectivity index (χ4v) is 3.52. The van der Waals surface area contributed by atoms with Crippen LogP contribution >= 0.6 is 24.8 Å². The van der Waals surface area contributed by atoms with Crippen LogP contribution in [-0.2, 0) is 4.79 Å². The number of aryl methyl sites for hydroxylation is 1. The minimum Gasteiger partial charge on any atom is -0.354 e. The van der Waals surface area contributed by atoms with Gasteiger partial charge in [0, 0.05) is 25.3 Å². The van der Waals surface area contributed by atoms with Crippen LogP contribution in [0, 0.1) is 12.8 Å². The first-order valence-electron chi connectivity index (χ1n) is 8.87. The second kappa shape index (κ2) is 10.7. The fraction of sp³-hybridized carbons (Fsp3) is 0.611. The lowest BCUT2D eigenvalue weighted by molar-refractivity contribution is -0.123. The maximum Gasteiger partial charge on any atom is 0.272 e. The third kappa shape index (κ3) is 5.83. The largest absolute Gasteiger partial charge is 0.354 e. The van der Waals surface area contributed by atoms with Gasteiger partial charge in [-0.2, -0.15) is 0 Å². The molecule has 146 valence electrons. The lowest BCUT2D eigenvalue weighted by Crippen LogP contribution is -2.46. The maximum absolute atomic E-state index is 12.6. The Labute approximate surface area is 167 Å². The SMILES string of the molecule is Cc1cccc(C(=O)N2CCCC(CNC(=O)C3CCCN3)C2)n1.Cl.Cl. The molecule has 3 heterocycles. The van der Waals surface area contributed by atoms with E-state index < -0.39 is 0 Å². The van der Waals surface area contributed by atoms with Crippen LogP contribution < -0.4 is 10.6 Å². The fourth-order valence-electron chi connectivity index (χ4n) is 3.52. The molecule has 2 N–H and O–H groups in total. The minimum absolute atomic E-state index is 0. The Morgan fingerprint density at radius 1 is 1.27 bits per heavy atom. The van der Waals surface area contributed by atoms with Gasteiger partial charge in [0.25, 0.3) is 5.91 Å². The first-order chi connectivity index (χ1) is 11.6. The maximum atomic E-state index is 12.6. The highest BCUT2D eigenvalue weighted by atomic mass is 35.5. The molecule has 2 fully saturated rings. The predicted molar refractivity (Wildman–Crippen MR) is 106 cm³/mol. The van der Waals surface area contributed by atoms with E-state index in [1.165, 1.54) is 0 Å². The molecular weight excluding hydrogens is 375 g/mol. The number of hydrogen-bond acceptors (Lipinski definition) is 4. The Balaban J connectivity index is 0.00000169. The van der Waals surface area contributed by atoms with Gasteiger partial charge in [0.1, 0.15) is 5.69 Å². The van der Waals surface area contributed by atoms with Gasteiger partial charge in [0.2, 0.25) is 5.91 Å². The van der Waals surface area contributed by atoms with Crippen LogP contribution in [0.4, 0.5) is 0 Å². The predicted octanol–water partition coefficient (Wildman–Crippen LogP) is 1.95. The van der Waals surface area contributed by atoms with Crippen molar-refractivity contribution in [2.75, 3.05) is 26.2 Å². The number of nitrogens with one attached hydrogen (secondary N) is 2. The molecule has 0 aliphatic carbocycles. The molecule has 6 nitrogen and oxygen atoms in total. The first kappa shape index (κ1) is 22.7. The highest BCUT2D eigenvalue weighted by Gasteiger charge is 2.27. The number of likely N-dealkylation sites (tertiary alicyclic amines) is 1. The molecule has 2 aliphatic rings. The summed E-state index contributed by atoms with van der Waals surface area (Å²) >= 11 is 0. The molecule has 1 aromatic heterocycles. The first-order valence-corrected chi connectivity index (χ1v) is 8.87. The third-order valence-corrected chi connectivity index (χ3v) is 4.86. The molecule has 0 spiro atoms. The van der Waals surface area contributed by atoms with E-state index in [1.807, 2.05) is 24.0 Å². The molecule has 3 rings (SSSR count). The summed E-state index contributed by atoms with van der Waals surface area (Å²) in [4.78, 5) is 30.9. The Morgan fingerprint density at radius 2 is 2.08 bits per heavy atom. The van der Waals surface area contributed by atoms with E-state index in [0.29, 0.717) is 24.7 Å². The number of pyridine rings is 1. The van der Waals surface area contributed by atoms with Crippen molar-refractivity contribution >= 4 is 36.6 Å². The minimum atomic E-state index is -0.0391. The number of piperidine rings is 1. The molecule has 0 aromatic carbocycles. The summed E-state index contributed by atoms with van der Waals surface area (Å²) in [6, 6.07) is 5.49. The normalized spacial score (nSPS) is 22.1. The van der Waals surface area contributed by atoms with E-state index in [4.69, 9.17) is 0 Å². The zero-order valence-electron chi connectivity index (χ0n) is 15.1. The van der Waals surface area contributed by atoms with E-state index in [0.717, 1.165) is 44.5 Å². The van der Waals surface area contributed by atoms with E-state index in [-0.39, 0.29) is 42.7 Å². The van der Waals surface area contributed by atoms with Gasteiger partial charge in [-0.3, -0.25) is 9.59 Å². The van der Waals surface area contributed by atoms with Crippen molar-refractivity contribution in [3.63, 3.8) is 0 Å². The average molecular weight is 403 g/mol. The molecule has 26 heavy (non-hydrogen) atoms. The van der Waals surface area contributed by atoms with Gasteiger partial charge < -0.3 is 15.5 Å². The average Bonchev–Trinajstić information content (AvgIpc) is 3.14. The van der Waals surface area contributed by atoms with Gasteiger partial charge in [-0.25, -0.2) is 4.98 Å². The second-order valence-electron chi connectivity index (χ2n) is 6.82. The molecule has 2 saturated heterocycles. The highest BCUT2D eigenvalue weighted by Crippen LogP contribution is 2.18. The smallest absolute Gasteiger partial charge is 0.272 e. The monoisotopic (exact) mass is 402 g/mol. The molecule has 2 unspecified atom stereocenters. The van der Waals surface area contributed by atoms with E-state index in [9.17, 15) is 9.59 Å². The topological polar surface area (TPSA) is 74.3 Å². The lowest BCUT2D eigenvalue weighted by Gasteiger charge is -2.33. The summed E-state index contributed by atoms with van der Waals surface area (Å²) in [5, 5.41) is 6.26. The quantitative estimate of drug-likeness (QED) is 0.806. The number of halogens is 2. The van der Waals surface area contributed by atoms with Gasteiger partial charge in [-0.1, -0.05) is 6.07 Å². The number of hydrogen-bond donors (Lipinski definition) is 2. The van der Waals surface area contributed by atoms with Crippen molar-refractivity contribution in [1.82, 2.24) is 20.5 Å². The van der Waals surface area contributed by atoms with Crippen LogP contribution in [0.1, 0.15) is 41.9 Å². The molecule has 1 aromatic rings. The molecule has 2 amide bonds. The van der Waals surface area contributed by atoms with Gasteiger partial charge in [0.15, 0.2) is 0 Å². The zero-order chi connectivity index (χ0) is 16.9. The molecular formula is C18H28Cl2N4O2. The van der Waals surface area contributed by atoms with Crippen LogP contribution in [0.3, 0.4) is 0 Å². The number of amides is 2. The van der Waals surface area contributed by atoms with E-state index in [1.54, 1.807) is 6.07 Å². The van der Waals surface area contributed by atoms with Crippen molar-refractivity contribution in [2.24, 2.45) is 5.92 Å². The van der Waals surface area contributed by atoms with Crippen LogP contribution in [0.2, 0.25) is 0 Å². The van der Waals surface area contributed by atoms with Gasteiger partial charge in [0.05, 0.1) is 6.04 Å². The van der Waals surface area contributed by atoms with Crippen molar-refractivity contribution in [1.29, 1.82) is 0 Å². The van der Waals surface area contributed by atoms with Crippen molar-refractivity contribution in [3.05, 3.63) is 29.6 Å². The van der Waals surface area contributed by atoms with Crippen molar-refractivity contribution in [3.8, 4) is 0 Å². The standard InChI is InChI=1S/C18H26N4O2.2ClH/c1-13-5-2-7-16(21-13)18(24)22-10-4-6-14(12-22)11-20-17(23)15-8-3-9-19-15;;/h2,5,7,14-15,19H,3-4,6,8-12H2,1H3,(H,20,23);2*1H. The third-order valence-electron chi connectivity index (χ3n) is 4.86. The molecule has 2 atom stereocenters.